The van der Waals surface area contributed by atoms with E-state index < -0.39 is 9.05 Å². The number of benzene rings is 1. The molecule has 0 atom stereocenters. The van der Waals surface area contributed by atoms with Crippen molar-refractivity contribution in [1.82, 2.24) is 0 Å². The molecule has 0 fully saturated rings. The molecule has 0 radical (unpaired) electrons. The molecule has 7 heteroatoms. The van der Waals surface area contributed by atoms with Crippen molar-refractivity contribution in [1.29, 1.82) is 0 Å². The summed E-state index contributed by atoms with van der Waals surface area (Å²) in [5.41, 5.74) is 0. The van der Waals surface area contributed by atoms with E-state index in [4.69, 9.17) is 15.4 Å². The summed E-state index contributed by atoms with van der Waals surface area (Å²) >= 11 is 6.80. The third-order valence-electron chi connectivity index (χ3n) is 2.43. The highest BCUT2D eigenvalue weighted by molar-refractivity contribution is 9.11. The molecule has 108 valence electrons. The van der Waals surface area contributed by atoms with Crippen LogP contribution >= 0.6 is 42.5 Å². The summed E-state index contributed by atoms with van der Waals surface area (Å²) in [5.74, 6) is 0.861. The molecule has 0 spiro atoms. The second-order valence-corrected chi connectivity index (χ2v) is 8.75. The molecule has 0 bridgehead atoms. The maximum Gasteiger partial charge on any atom is 0.232 e. The van der Waals surface area contributed by atoms with Crippen molar-refractivity contribution in [2.75, 3.05) is 12.4 Å². The maximum absolute atomic E-state index is 10.7. The predicted octanol–water partition coefficient (Wildman–Crippen LogP) is 4.72. The molecule has 0 saturated carbocycles. The van der Waals surface area contributed by atoms with E-state index in [-0.39, 0.29) is 5.75 Å². The van der Waals surface area contributed by atoms with Crippen LogP contribution in [0.4, 0.5) is 0 Å². The molecule has 3 nitrogen and oxygen atoms in total. The van der Waals surface area contributed by atoms with Crippen molar-refractivity contribution < 1.29 is 13.2 Å². The third kappa shape index (κ3) is 8.17. The molecular weight excluding hydrogens is 419 g/mol. The van der Waals surface area contributed by atoms with Crippen LogP contribution < -0.4 is 4.74 Å². The Bertz CT molecular complexity index is 506. The normalized spacial score (nSPS) is 11.5. The Hall–Kier alpha value is 0.220. The molecule has 0 aliphatic rings. The van der Waals surface area contributed by atoms with E-state index in [0.29, 0.717) is 13.0 Å². The minimum absolute atomic E-state index is 0.0493. The zero-order chi connectivity index (χ0) is 14.3. The summed E-state index contributed by atoms with van der Waals surface area (Å²) in [6.07, 6.45) is 3.27. The van der Waals surface area contributed by atoms with Gasteiger partial charge >= 0.3 is 0 Å². The highest BCUT2D eigenvalue weighted by atomic mass is 79.9. The van der Waals surface area contributed by atoms with E-state index in [1.165, 1.54) is 0 Å². The van der Waals surface area contributed by atoms with E-state index in [9.17, 15) is 8.42 Å². The smallest absolute Gasteiger partial charge is 0.232 e. The first-order valence-electron chi connectivity index (χ1n) is 5.89. The Balaban J connectivity index is 2.14. The maximum atomic E-state index is 10.7. The third-order valence-corrected chi connectivity index (χ3v) is 4.79. The Morgan fingerprint density at radius 2 is 1.79 bits per heavy atom. The molecule has 0 saturated heterocycles. The first-order chi connectivity index (χ1) is 8.88. The van der Waals surface area contributed by atoms with Gasteiger partial charge in [-0.3, -0.25) is 0 Å². The molecule has 1 aromatic carbocycles. The molecule has 0 aliphatic heterocycles. The van der Waals surface area contributed by atoms with Crippen LogP contribution in [-0.4, -0.2) is 20.8 Å². The summed E-state index contributed by atoms with van der Waals surface area (Å²) in [5, 5.41) is 0. The Labute approximate surface area is 135 Å². The van der Waals surface area contributed by atoms with Gasteiger partial charge in [0.25, 0.3) is 0 Å². The van der Waals surface area contributed by atoms with E-state index >= 15 is 0 Å². The van der Waals surface area contributed by atoms with Crippen LogP contribution in [0.5, 0.6) is 5.75 Å². The fourth-order valence-corrected chi connectivity index (χ4v) is 3.54. The lowest BCUT2D eigenvalue weighted by Crippen LogP contribution is -2.00. The van der Waals surface area contributed by atoms with Crippen LogP contribution in [0.25, 0.3) is 0 Å². The van der Waals surface area contributed by atoms with Gasteiger partial charge in [-0.2, -0.15) is 0 Å². The van der Waals surface area contributed by atoms with Crippen molar-refractivity contribution in [2.45, 2.75) is 25.7 Å². The van der Waals surface area contributed by atoms with E-state index in [1.54, 1.807) is 0 Å². The SMILES string of the molecule is O=S(=O)(Cl)CCCCCCOc1ccc(Br)cc1Br. The van der Waals surface area contributed by atoms with Gasteiger partial charge < -0.3 is 4.74 Å². The van der Waals surface area contributed by atoms with Gasteiger partial charge in [0.15, 0.2) is 0 Å². The lowest BCUT2D eigenvalue weighted by Gasteiger charge is -2.08. The van der Waals surface area contributed by atoms with Crippen LogP contribution in [0, 0.1) is 0 Å². The van der Waals surface area contributed by atoms with Gasteiger partial charge in [0, 0.05) is 15.2 Å². The molecule has 0 amide bonds. The second kappa shape index (κ2) is 8.49. The second-order valence-electron chi connectivity index (χ2n) is 4.08. The summed E-state index contributed by atoms with van der Waals surface area (Å²) in [6, 6.07) is 5.75. The lowest BCUT2D eigenvalue weighted by atomic mass is 10.2. The first-order valence-corrected chi connectivity index (χ1v) is 9.95. The fraction of sp³-hybridized carbons (Fsp3) is 0.500. The van der Waals surface area contributed by atoms with Gasteiger partial charge in [0.1, 0.15) is 5.75 Å². The van der Waals surface area contributed by atoms with Crippen molar-refractivity contribution >= 4 is 51.6 Å². The first kappa shape index (κ1) is 17.3. The summed E-state index contributed by atoms with van der Waals surface area (Å²) < 4.78 is 28.9. The molecular formula is C12H15Br2ClO3S. The zero-order valence-electron chi connectivity index (χ0n) is 10.2. The quantitative estimate of drug-likeness (QED) is 0.439. The standard InChI is InChI=1S/C12H15Br2ClO3S/c13-10-5-6-12(11(14)9-10)18-7-3-1-2-4-8-19(15,16)17/h5-6,9H,1-4,7-8H2. The van der Waals surface area contributed by atoms with E-state index in [2.05, 4.69) is 31.9 Å². The summed E-state index contributed by atoms with van der Waals surface area (Å²) in [7, 11) is 1.78. The number of hydrogen-bond acceptors (Lipinski definition) is 3. The van der Waals surface area contributed by atoms with Gasteiger partial charge in [-0.15, -0.1) is 0 Å². The van der Waals surface area contributed by atoms with Crippen LogP contribution in [0.2, 0.25) is 0 Å². The van der Waals surface area contributed by atoms with Crippen LogP contribution in [-0.2, 0) is 9.05 Å². The molecule has 1 aromatic rings. The van der Waals surface area contributed by atoms with E-state index in [1.807, 2.05) is 18.2 Å². The molecule has 0 unspecified atom stereocenters. The summed E-state index contributed by atoms with van der Waals surface area (Å²) in [6.45, 7) is 0.619. The largest absolute Gasteiger partial charge is 0.492 e. The van der Waals surface area contributed by atoms with Gasteiger partial charge in [-0.05, 0) is 47.0 Å². The molecule has 19 heavy (non-hydrogen) atoms. The number of hydrogen-bond donors (Lipinski definition) is 0. The van der Waals surface area contributed by atoms with Gasteiger partial charge in [-0.25, -0.2) is 8.42 Å². The monoisotopic (exact) mass is 432 g/mol. The Kier molecular flexibility index (Phi) is 7.72. The highest BCUT2D eigenvalue weighted by Crippen LogP contribution is 2.28. The van der Waals surface area contributed by atoms with Crippen LogP contribution in [0.3, 0.4) is 0 Å². The van der Waals surface area contributed by atoms with Gasteiger partial charge in [-0.1, -0.05) is 28.8 Å². The Morgan fingerprint density at radius 3 is 2.42 bits per heavy atom. The van der Waals surface area contributed by atoms with Crippen molar-refractivity contribution in [3.63, 3.8) is 0 Å². The van der Waals surface area contributed by atoms with Crippen LogP contribution in [0.1, 0.15) is 25.7 Å². The van der Waals surface area contributed by atoms with Crippen LogP contribution in [0.15, 0.2) is 27.1 Å². The average Bonchev–Trinajstić information content (AvgIpc) is 2.29. The molecule has 0 N–H and O–H groups in total. The summed E-state index contributed by atoms with van der Waals surface area (Å²) in [4.78, 5) is 0. The number of ether oxygens (including phenoxy) is 1. The number of unbranched alkanes of at least 4 members (excludes halogenated alkanes) is 3. The highest BCUT2D eigenvalue weighted by Gasteiger charge is 2.04. The van der Waals surface area contributed by atoms with Crippen molar-refractivity contribution in [3.05, 3.63) is 27.1 Å². The molecule has 0 aliphatic carbocycles. The fourth-order valence-electron chi connectivity index (χ4n) is 1.50. The molecule has 0 aromatic heterocycles. The molecule has 0 heterocycles. The van der Waals surface area contributed by atoms with Gasteiger partial charge in [0.05, 0.1) is 16.8 Å². The predicted molar refractivity (Wildman–Crippen MR) is 85.4 cm³/mol. The minimum atomic E-state index is -3.34. The average molecular weight is 435 g/mol. The number of halogens is 3. The zero-order valence-corrected chi connectivity index (χ0v) is 15.0. The van der Waals surface area contributed by atoms with Crippen molar-refractivity contribution in [3.8, 4) is 5.75 Å². The topological polar surface area (TPSA) is 43.4 Å². The minimum Gasteiger partial charge on any atom is -0.492 e. The number of rotatable bonds is 8. The Morgan fingerprint density at radius 1 is 1.11 bits per heavy atom. The van der Waals surface area contributed by atoms with E-state index in [0.717, 1.165) is 34.0 Å². The van der Waals surface area contributed by atoms with Gasteiger partial charge in [0.2, 0.25) is 9.05 Å². The molecule has 1 rings (SSSR count). The van der Waals surface area contributed by atoms with Crippen molar-refractivity contribution in [2.24, 2.45) is 0 Å². The lowest BCUT2D eigenvalue weighted by molar-refractivity contribution is 0.303.